The van der Waals surface area contributed by atoms with Crippen molar-refractivity contribution < 1.29 is 14.3 Å². The molecule has 0 spiro atoms. The molecule has 0 aliphatic rings. The molecule has 1 heterocycles. The Morgan fingerprint density at radius 1 is 1.19 bits per heavy atom. The molecule has 0 unspecified atom stereocenters. The lowest BCUT2D eigenvalue weighted by molar-refractivity contribution is 0.111. The molecule has 0 saturated heterocycles. The van der Waals surface area contributed by atoms with Gasteiger partial charge in [0.25, 0.3) is 0 Å². The van der Waals surface area contributed by atoms with Crippen LogP contribution in [0.5, 0.6) is 11.5 Å². The van der Waals surface area contributed by atoms with Gasteiger partial charge in [-0.3, -0.25) is 4.79 Å². The molecule has 2 rings (SSSR count). The minimum atomic E-state index is 0.554. The molecular weight excluding hydrogens is 206 g/mol. The van der Waals surface area contributed by atoms with Crippen molar-refractivity contribution in [3.8, 4) is 11.5 Å². The first-order valence-electron chi connectivity index (χ1n) is 4.91. The van der Waals surface area contributed by atoms with E-state index < -0.39 is 0 Å². The number of ether oxygens (including phenoxy) is 2. The van der Waals surface area contributed by atoms with Gasteiger partial charge in [0.2, 0.25) is 0 Å². The molecule has 0 atom stereocenters. The van der Waals surface area contributed by atoms with Crippen LogP contribution in [-0.4, -0.2) is 25.5 Å². The van der Waals surface area contributed by atoms with Crippen LogP contribution < -0.4 is 9.47 Å². The first kappa shape index (κ1) is 10.5. The zero-order valence-electron chi connectivity index (χ0n) is 9.46. The minimum absolute atomic E-state index is 0.554. The summed E-state index contributed by atoms with van der Waals surface area (Å²) in [7, 11) is 3.20. The Morgan fingerprint density at radius 3 is 2.38 bits per heavy atom. The molecule has 0 aliphatic carbocycles. The molecule has 16 heavy (non-hydrogen) atoms. The van der Waals surface area contributed by atoms with Gasteiger partial charge in [0.15, 0.2) is 6.29 Å². The van der Waals surface area contributed by atoms with Crippen LogP contribution in [0.4, 0.5) is 0 Å². The van der Waals surface area contributed by atoms with Gasteiger partial charge in [-0.25, -0.2) is 0 Å². The first-order valence-corrected chi connectivity index (χ1v) is 4.91. The molecule has 0 bridgehead atoms. The van der Waals surface area contributed by atoms with E-state index in [1.165, 1.54) is 0 Å². The monoisotopic (exact) mass is 219 g/mol. The number of carbonyl (C=O) groups is 1. The second-order valence-corrected chi connectivity index (χ2v) is 3.50. The van der Waals surface area contributed by atoms with E-state index in [1.807, 2.05) is 19.1 Å². The molecule has 0 aliphatic heterocycles. The van der Waals surface area contributed by atoms with Crippen LogP contribution >= 0.6 is 0 Å². The van der Waals surface area contributed by atoms with Gasteiger partial charge < -0.3 is 14.5 Å². The molecule has 1 N–H and O–H groups in total. The van der Waals surface area contributed by atoms with Crippen molar-refractivity contribution in [1.29, 1.82) is 0 Å². The maximum absolute atomic E-state index is 10.9. The van der Waals surface area contributed by atoms with Crippen molar-refractivity contribution in [2.24, 2.45) is 0 Å². The van der Waals surface area contributed by atoms with Crippen LogP contribution in [0, 0.1) is 6.92 Å². The van der Waals surface area contributed by atoms with Gasteiger partial charge >= 0.3 is 0 Å². The summed E-state index contributed by atoms with van der Waals surface area (Å²) >= 11 is 0. The fourth-order valence-corrected chi connectivity index (χ4v) is 1.88. The molecule has 1 aromatic carbocycles. The highest BCUT2D eigenvalue weighted by Crippen LogP contribution is 2.35. The number of aryl methyl sites for hydroxylation is 1. The summed E-state index contributed by atoms with van der Waals surface area (Å²) < 4.78 is 10.5. The van der Waals surface area contributed by atoms with E-state index in [9.17, 15) is 4.79 Å². The lowest BCUT2D eigenvalue weighted by Crippen LogP contribution is -1.88. The minimum Gasteiger partial charge on any atom is -0.496 e. The van der Waals surface area contributed by atoms with Crippen LogP contribution in [0.3, 0.4) is 0 Å². The smallest absolute Gasteiger partial charge is 0.166 e. The number of nitrogens with one attached hydrogen (secondary N) is 1. The van der Waals surface area contributed by atoms with Gasteiger partial charge in [-0.05, 0) is 24.6 Å². The second kappa shape index (κ2) is 3.89. The highest BCUT2D eigenvalue weighted by atomic mass is 16.5. The molecule has 0 amide bonds. The van der Waals surface area contributed by atoms with E-state index in [-0.39, 0.29) is 0 Å². The van der Waals surface area contributed by atoms with Crippen molar-refractivity contribution in [2.45, 2.75) is 6.92 Å². The Hall–Kier alpha value is -1.97. The molecular formula is C12H13NO3. The number of aromatic nitrogens is 1. The number of aromatic amines is 1. The Kier molecular flexibility index (Phi) is 2.56. The molecule has 84 valence electrons. The summed E-state index contributed by atoms with van der Waals surface area (Å²) in [5.74, 6) is 1.43. The normalized spacial score (nSPS) is 10.4. The number of hydrogen-bond donors (Lipinski definition) is 1. The highest BCUT2D eigenvalue weighted by Gasteiger charge is 2.14. The number of H-pyrrole nitrogens is 1. The molecule has 0 saturated carbocycles. The number of aldehydes is 1. The Balaban J connectivity index is 2.87. The third-order valence-electron chi connectivity index (χ3n) is 2.73. The maximum atomic E-state index is 10.9. The number of methoxy groups -OCH3 is 2. The van der Waals surface area contributed by atoms with Crippen molar-refractivity contribution >= 4 is 17.2 Å². The van der Waals surface area contributed by atoms with Gasteiger partial charge in [0.05, 0.1) is 25.4 Å². The second-order valence-electron chi connectivity index (χ2n) is 3.50. The Morgan fingerprint density at radius 2 is 1.81 bits per heavy atom. The summed E-state index contributed by atoms with van der Waals surface area (Å²) in [6.45, 7) is 1.88. The summed E-state index contributed by atoms with van der Waals surface area (Å²) in [4.78, 5) is 13.9. The average molecular weight is 219 g/mol. The number of benzene rings is 1. The van der Waals surface area contributed by atoms with Crippen molar-refractivity contribution in [2.75, 3.05) is 14.2 Å². The van der Waals surface area contributed by atoms with Crippen molar-refractivity contribution in [3.05, 3.63) is 23.4 Å². The number of fused-ring (bicyclic) bond motifs is 1. The zero-order chi connectivity index (χ0) is 11.7. The molecule has 4 heteroatoms. The summed E-state index contributed by atoms with van der Waals surface area (Å²) in [5.41, 5.74) is 2.22. The SMILES string of the molecule is COc1ccc(OC)c2c(C)c(C=O)[nH]c12. The molecule has 0 fully saturated rings. The quantitative estimate of drug-likeness (QED) is 0.806. The first-order chi connectivity index (χ1) is 7.72. The predicted molar refractivity (Wildman–Crippen MR) is 61.5 cm³/mol. The van der Waals surface area contributed by atoms with E-state index in [4.69, 9.17) is 9.47 Å². The zero-order valence-corrected chi connectivity index (χ0v) is 9.46. The van der Waals surface area contributed by atoms with Gasteiger partial charge in [-0.15, -0.1) is 0 Å². The fraction of sp³-hybridized carbons (Fsp3) is 0.250. The summed E-state index contributed by atoms with van der Waals surface area (Å²) in [5, 5.41) is 0.893. The Labute approximate surface area is 93.2 Å². The standard InChI is InChI=1S/C12H13NO3/c1-7-8(6-14)13-12-10(16-3)5-4-9(15-2)11(7)12/h4-6,13H,1-3H3. The predicted octanol–water partition coefficient (Wildman–Crippen LogP) is 2.31. The number of hydrogen-bond acceptors (Lipinski definition) is 3. The Bertz CT molecular complexity index is 543. The van der Waals surface area contributed by atoms with Gasteiger partial charge in [0, 0.05) is 5.39 Å². The third-order valence-corrected chi connectivity index (χ3v) is 2.73. The topological polar surface area (TPSA) is 51.3 Å². The fourth-order valence-electron chi connectivity index (χ4n) is 1.88. The van der Waals surface area contributed by atoms with Crippen LogP contribution in [0.25, 0.3) is 10.9 Å². The number of carbonyl (C=O) groups excluding carboxylic acids is 1. The summed E-state index contributed by atoms with van der Waals surface area (Å²) in [6, 6.07) is 3.64. The molecule has 2 aromatic rings. The van der Waals surface area contributed by atoms with E-state index in [1.54, 1.807) is 14.2 Å². The number of rotatable bonds is 3. The van der Waals surface area contributed by atoms with E-state index in [2.05, 4.69) is 4.98 Å². The summed E-state index contributed by atoms with van der Waals surface area (Å²) in [6.07, 6.45) is 0.800. The van der Waals surface area contributed by atoms with Crippen LogP contribution in [0.1, 0.15) is 16.1 Å². The van der Waals surface area contributed by atoms with E-state index in [0.717, 1.165) is 28.5 Å². The lowest BCUT2D eigenvalue weighted by Gasteiger charge is -2.06. The van der Waals surface area contributed by atoms with Gasteiger partial charge in [-0.1, -0.05) is 0 Å². The highest BCUT2D eigenvalue weighted by molar-refractivity contribution is 5.99. The largest absolute Gasteiger partial charge is 0.496 e. The van der Waals surface area contributed by atoms with E-state index in [0.29, 0.717) is 11.4 Å². The van der Waals surface area contributed by atoms with Crippen LogP contribution in [0.2, 0.25) is 0 Å². The van der Waals surface area contributed by atoms with Crippen molar-refractivity contribution in [3.63, 3.8) is 0 Å². The average Bonchev–Trinajstić information content (AvgIpc) is 2.66. The van der Waals surface area contributed by atoms with Gasteiger partial charge in [0.1, 0.15) is 11.5 Å². The molecule has 4 nitrogen and oxygen atoms in total. The molecule has 0 radical (unpaired) electrons. The van der Waals surface area contributed by atoms with Crippen LogP contribution in [-0.2, 0) is 0 Å². The maximum Gasteiger partial charge on any atom is 0.166 e. The van der Waals surface area contributed by atoms with Crippen molar-refractivity contribution in [1.82, 2.24) is 4.98 Å². The van der Waals surface area contributed by atoms with E-state index >= 15 is 0 Å². The van der Waals surface area contributed by atoms with Gasteiger partial charge in [-0.2, -0.15) is 0 Å². The lowest BCUT2D eigenvalue weighted by atomic mass is 10.1. The van der Waals surface area contributed by atoms with Crippen LogP contribution in [0.15, 0.2) is 12.1 Å². The third kappa shape index (κ3) is 1.34. The molecule has 1 aromatic heterocycles.